The van der Waals surface area contributed by atoms with Crippen LogP contribution in [0.5, 0.6) is 5.75 Å². The second-order valence-corrected chi connectivity index (χ2v) is 4.07. The molecule has 0 bridgehead atoms. The highest BCUT2D eigenvalue weighted by atomic mass is 16.5. The largest absolute Gasteiger partial charge is 0.496 e. The predicted octanol–water partition coefficient (Wildman–Crippen LogP) is 2.39. The van der Waals surface area contributed by atoms with E-state index in [1.807, 2.05) is 24.3 Å². The number of nitrogens with zero attached hydrogens (tertiary/aromatic N) is 3. The predicted molar refractivity (Wildman–Crippen MR) is 73.9 cm³/mol. The Hall–Kier alpha value is -2.89. The lowest BCUT2D eigenvalue weighted by Gasteiger charge is -2.02. The number of para-hydroxylation sites is 1. The summed E-state index contributed by atoms with van der Waals surface area (Å²) < 4.78 is 10.5. The lowest BCUT2D eigenvalue weighted by Crippen LogP contribution is -1.91. The molecule has 3 aromatic rings. The Balaban J connectivity index is 2.02. The van der Waals surface area contributed by atoms with Crippen LogP contribution < -0.4 is 10.5 Å². The van der Waals surface area contributed by atoms with Crippen molar-refractivity contribution in [3.05, 3.63) is 42.5 Å². The molecule has 2 N–H and O–H groups in total. The zero-order chi connectivity index (χ0) is 13.9. The third-order valence-electron chi connectivity index (χ3n) is 2.76. The highest BCUT2D eigenvalue weighted by Gasteiger charge is 2.14. The first kappa shape index (κ1) is 12.2. The molecule has 0 saturated carbocycles. The van der Waals surface area contributed by atoms with Crippen molar-refractivity contribution < 1.29 is 9.26 Å². The van der Waals surface area contributed by atoms with E-state index in [4.69, 9.17) is 15.0 Å². The molecule has 0 aliphatic carbocycles. The van der Waals surface area contributed by atoms with Crippen molar-refractivity contribution in [2.75, 3.05) is 12.8 Å². The summed E-state index contributed by atoms with van der Waals surface area (Å²) in [6.45, 7) is 0. The molecule has 0 radical (unpaired) electrons. The molecule has 2 heterocycles. The topological polar surface area (TPSA) is 87.1 Å². The summed E-state index contributed by atoms with van der Waals surface area (Å²) in [5.74, 6) is 1.85. The van der Waals surface area contributed by atoms with Crippen molar-refractivity contribution in [1.82, 2.24) is 15.1 Å². The summed E-state index contributed by atoms with van der Waals surface area (Å²) in [7, 11) is 1.60. The zero-order valence-electron chi connectivity index (χ0n) is 10.8. The van der Waals surface area contributed by atoms with E-state index >= 15 is 0 Å². The van der Waals surface area contributed by atoms with E-state index in [9.17, 15) is 0 Å². The van der Waals surface area contributed by atoms with Crippen molar-refractivity contribution in [1.29, 1.82) is 0 Å². The minimum atomic E-state index is 0.318. The first-order chi connectivity index (χ1) is 9.78. The molecule has 2 aromatic heterocycles. The maximum atomic E-state index is 5.64. The molecule has 3 rings (SSSR count). The van der Waals surface area contributed by atoms with Crippen LogP contribution in [0.3, 0.4) is 0 Å². The van der Waals surface area contributed by atoms with E-state index in [-0.39, 0.29) is 0 Å². The fourth-order valence-corrected chi connectivity index (χ4v) is 1.84. The van der Waals surface area contributed by atoms with Gasteiger partial charge in [0.2, 0.25) is 5.82 Å². The molecule has 20 heavy (non-hydrogen) atoms. The first-order valence-electron chi connectivity index (χ1n) is 5.98. The number of anilines is 1. The highest BCUT2D eigenvalue weighted by molar-refractivity contribution is 5.65. The number of nitrogen functional groups attached to an aromatic ring is 1. The van der Waals surface area contributed by atoms with Crippen molar-refractivity contribution in [2.45, 2.75) is 0 Å². The number of pyridine rings is 1. The molecule has 0 amide bonds. The van der Waals surface area contributed by atoms with Crippen LogP contribution in [0.2, 0.25) is 0 Å². The van der Waals surface area contributed by atoms with Gasteiger partial charge in [-0.25, -0.2) is 4.98 Å². The summed E-state index contributed by atoms with van der Waals surface area (Å²) in [5, 5.41) is 3.95. The average molecular weight is 268 g/mol. The Labute approximate surface area is 115 Å². The molecule has 6 heteroatoms. The van der Waals surface area contributed by atoms with Gasteiger partial charge in [0.25, 0.3) is 5.89 Å². The summed E-state index contributed by atoms with van der Waals surface area (Å²) in [6.07, 6.45) is 0. The van der Waals surface area contributed by atoms with Crippen LogP contribution in [0.25, 0.3) is 23.0 Å². The molecule has 100 valence electrons. The van der Waals surface area contributed by atoms with Gasteiger partial charge in [0.05, 0.1) is 12.7 Å². The van der Waals surface area contributed by atoms with Gasteiger partial charge in [-0.05, 0) is 24.3 Å². The van der Waals surface area contributed by atoms with Crippen LogP contribution in [0, 0.1) is 0 Å². The molecule has 0 unspecified atom stereocenters. The van der Waals surface area contributed by atoms with Crippen LogP contribution in [0.4, 0.5) is 5.82 Å². The molecule has 0 spiro atoms. The lowest BCUT2D eigenvalue weighted by atomic mass is 10.2. The summed E-state index contributed by atoms with van der Waals surface area (Å²) in [5.41, 5.74) is 6.94. The Kier molecular flexibility index (Phi) is 3.04. The van der Waals surface area contributed by atoms with Crippen LogP contribution in [0.1, 0.15) is 0 Å². The number of methoxy groups -OCH3 is 1. The number of nitrogens with two attached hydrogens (primary N) is 1. The number of ether oxygens (including phenoxy) is 1. The Morgan fingerprint density at radius 3 is 2.70 bits per heavy atom. The molecule has 0 aliphatic rings. The Bertz CT molecular complexity index is 739. The van der Waals surface area contributed by atoms with Crippen LogP contribution in [-0.4, -0.2) is 22.2 Å². The number of aromatic nitrogens is 3. The van der Waals surface area contributed by atoms with Crippen LogP contribution >= 0.6 is 0 Å². The van der Waals surface area contributed by atoms with Gasteiger partial charge in [-0.15, -0.1) is 0 Å². The maximum Gasteiger partial charge on any atom is 0.276 e. The van der Waals surface area contributed by atoms with E-state index in [1.54, 1.807) is 25.3 Å². The van der Waals surface area contributed by atoms with Gasteiger partial charge in [0, 0.05) is 0 Å². The highest BCUT2D eigenvalue weighted by Crippen LogP contribution is 2.28. The van der Waals surface area contributed by atoms with Crippen LogP contribution in [-0.2, 0) is 0 Å². The molecular weight excluding hydrogens is 256 g/mol. The Morgan fingerprint density at radius 1 is 1.05 bits per heavy atom. The summed E-state index contributed by atoms with van der Waals surface area (Å²) in [6, 6.07) is 12.7. The van der Waals surface area contributed by atoms with Crippen molar-refractivity contribution in [3.8, 4) is 28.7 Å². The molecule has 6 nitrogen and oxygen atoms in total. The third kappa shape index (κ3) is 2.18. The van der Waals surface area contributed by atoms with Gasteiger partial charge < -0.3 is 15.0 Å². The monoisotopic (exact) mass is 268 g/mol. The minimum Gasteiger partial charge on any atom is -0.496 e. The van der Waals surface area contributed by atoms with E-state index in [2.05, 4.69) is 15.1 Å². The second kappa shape index (κ2) is 5.00. The molecule has 1 aromatic carbocycles. The maximum absolute atomic E-state index is 5.64. The summed E-state index contributed by atoms with van der Waals surface area (Å²) in [4.78, 5) is 8.47. The van der Waals surface area contributed by atoms with Gasteiger partial charge in [0.15, 0.2) is 0 Å². The zero-order valence-corrected chi connectivity index (χ0v) is 10.8. The smallest absolute Gasteiger partial charge is 0.276 e. The fraction of sp³-hybridized carbons (Fsp3) is 0.0714. The van der Waals surface area contributed by atoms with Crippen molar-refractivity contribution >= 4 is 5.82 Å². The molecule has 0 saturated heterocycles. The number of hydrogen-bond acceptors (Lipinski definition) is 6. The van der Waals surface area contributed by atoms with Gasteiger partial charge in [0.1, 0.15) is 17.3 Å². The SMILES string of the molecule is COc1ccccc1-c1noc(-c2cccc(N)n2)n1. The number of rotatable bonds is 3. The van der Waals surface area contributed by atoms with E-state index in [0.29, 0.717) is 29.0 Å². The standard InChI is InChI=1S/C14H12N4O2/c1-19-11-7-3-2-5-9(11)13-17-14(20-18-13)10-6-4-8-12(15)16-10/h2-8H,1H3,(H2,15,16). The van der Waals surface area contributed by atoms with Crippen molar-refractivity contribution in [2.24, 2.45) is 0 Å². The van der Waals surface area contributed by atoms with Gasteiger partial charge in [-0.2, -0.15) is 4.98 Å². The molecular formula is C14H12N4O2. The normalized spacial score (nSPS) is 10.4. The quantitative estimate of drug-likeness (QED) is 0.784. The summed E-state index contributed by atoms with van der Waals surface area (Å²) >= 11 is 0. The molecule has 0 aliphatic heterocycles. The second-order valence-electron chi connectivity index (χ2n) is 4.07. The third-order valence-corrected chi connectivity index (χ3v) is 2.76. The van der Waals surface area contributed by atoms with E-state index in [1.165, 1.54) is 0 Å². The average Bonchev–Trinajstić information content (AvgIpc) is 2.97. The minimum absolute atomic E-state index is 0.318. The van der Waals surface area contributed by atoms with Gasteiger partial charge >= 0.3 is 0 Å². The fourth-order valence-electron chi connectivity index (χ4n) is 1.84. The lowest BCUT2D eigenvalue weighted by molar-refractivity contribution is 0.413. The first-order valence-corrected chi connectivity index (χ1v) is 5.98. The van der Waals surface area contributed by atoms with Crippen molar-refractivity contribution in [3.63, 3.8) is 0 Å². The Morgan fingerprint density at radius 2 is 1.90 bits per heavy atom. The van der Waals surface area contributed by atoms with E-state index in [0.717, 1.165) is 5.56 Å². The van der Waals surface area contributed by atoms with E-state index < -0.39 is 0 Å². The van der Waals surface area contributed by atoms with Crippen LogP contribution in [0.15, 0.2) is 47.0 Å². The molecule has 0 atom stereocenters. The number of benzene rings is 1. The number of hydrogen-bond donors (Lipinski definition) is 1. The molecule has 0 fully saturated rings. The van der Waals surface area contributed by atoms with Gasteiger partial charge in [-0.3, -0.25) is 0 Å². The van der Waals surface area contributed by atoms with Gasteiger partial charge in [-0.1, -0.05) is 23.4 Å².